The van der Waals surface area contributed by atoms with Crippen LogP contribution in [-0.4, -0.2) is 21.8 Å². The van der Waals surface area contributed by atoms with Gasteiger partial charge in [-0.05, 0) is 61.2 Å². The van der Waals surface area contributed by atoms with Crippen LogP contribution in [0.15, 0.2) is 30.6 Å². The number of aromatic nitrogens is 3. The summed E-state index contributed by atoms with van der Waals surface area (Å²) in [6, 6.07) is 9.20. The Balaban J connectivity index is 2.19. The minimum absolute atomic E-state index is 0.263. The Morgan fingerprint density at radius 2 is 1.95 bits per heavy atom. The molecule has 0 aliphatic carbocycles. The Hall–Kier alpha value is -0.950. The van der Waals surface area contributed by atoms with Gasteiger partial charge < -0.3 is 5.32 Å². The first-order valence-corrected chi connectivity index (χ1v) is 7.50. The van der Waals surface area contributed by atoms with Gasteiger partial charge in [0, 0.05) is 22.1 Å². The van der Waals surface area contributed by atoms with Crippen molar-refractivity contribution in [2.45, 2.75) is 32.4 Å². The molecule has 1 heterocycles. The lowest BCUT2D eigenvalue weighted by Gasteiger charge is -2.18. The molecule has 2 aromatic rings. The molecule has 0 bridgehead atoms. The van der Waals surface area contributed by atoms with E-state index in [-0.39, 0.29) is 6.04 Å². The average Bonchev–Trinajstić information content (AvgIpc) is 2.85. The predicted octanol–water partition coefficient (Wildman–Crippen LogP) is 2.97. The molecule has 0 saturated heterocycles. The first kappa shape index (κ1) is 14.5. The first-order valence-electron chi connectivity index (χ1n) is 6.43. The van der Waals surface area contributed by atoms with E-state index in [0.29, 0.717) is 6.04 Å². The maximum absolute atomic E-state index is 4.38. The van der Waals surface area contributed by atoms with Crippen molar-refractivity contribution >= 4 is 22.6 Å². The zero-order chi connectivity index (χ0) is 13.8. The highest BCUT2D eigenvalue weighted by Crippen LogP contribution is 2.19. The molecule has 1 aromatic carbocycles. The van der Waals surface area contributed by atoms with Crippen molar-refractivity contribution in [2.24, 2.45) is 0 Å². The van der Waals surface area contributed by atoms with Crippen LogP contribution in [0.25, 0.3) is 0 Å². The summed E-state index contributed by atoms with van der Waals surface area (Å²) in [6.07, 6.45) is 2.48. The van der Waals surface area contributed by atoms with Crippen LogP contribution in [0.2, 0.25) is 0 Å². The Morgan fingerprint density at radius 3 is 2.53 bits per heavy atom. The molecule has 102 valence electrons. The number of nitrogens with zero attached hydrogens (tertiary/aromatic N) is 3. The first-order chi connectivity index (χ1) is 9.11. The number of hydrogen-bond donors (Lipinski definition) is 1. The van der Waals surface area contributed by atoms with Gasteiger partial charge >= 0.3 is 0 Å². The molecule has 0 aliphatic rings. The maximum atomic E-state index is 4.38. The highest BCUT2D eigenvalue weighted by Gasteiger charge is 2.15. The lowest BCUT2D eigenvalue weighted by Crippen LogP contribution is -2.21. The van der Waals surface area contributed by atoms with E-state index in [0.717, 1.165) is 12.2 Å². The molecule has 0 spiro atoms. The average molecular weight is 370 g/mol. The SMILES string of the molecule is CNC(Cc1ncnn1C(C)C)c1ccc(I)cc1. The fraction of sp³-hybridized carbons (Fsp3) is 0.429. The van der Waals surface area contributed by atoms with Gasteiger partial charge in [0.2, 0.25) is 0 Å². The van der Waals surface area contributed by atoms with Crippen molar-refractivity contribution in [2.75, 3.05) is 7.05 Å². The molecule has 4 nitrogen and oxygen atoms in total. The van der Waals surface area contributed by atoms with E-state index < -0.39 is 0 Å². The van der Waals surface area contributed by atoms with Gasteiger partial charge in [0.25, 0.3) is 0 Å². The highest BCUT2D eigenvalue weighted by molar-refractivity contribution is 14.1. The number of benzene rings is 1. The van der Waals surface area contributed by atoms with Crippen LogP contribution < -0.4 is 5.32 Å². The largest absolute Gasteiger partial charge is 0.313 e. The third-order valence-corrected chi connectivity index (χ3v) is 3.86. The second kappa shape index (κ2) is 6.47. The highest BCUT2D eigenvalue weighted by atomic mass is 127. The van der Waals surface area contributed by atoms with Crippen molar-refractivity contribution < 1.29 is 0 Å². The third-order valence-electron chi connectivity index (χ3n) is 3.14. The van der Waals surface area contributed by atoms with E-state index in [9.17, 15) is 0 Å². The van der Waals surface area contributed by atoms with Gasteiger partial charge in [-0.25, -0.2) is 9.67 Å². The second-order valence-corrected chi connectivity index (χ2v) is 6.06. The molecule has 0 radical (unpaired) electrons. The van der Waals surface area contributed by atoms with Crippen LogP contribution in [0.4, 0.5) is 0 Å². The topological polar surface area (TPSA) is 42.7 Å². The second-order valence-electron chi connectivity index (χ2n) is 4.81. The Morgan fingerprint density at radius 1 is 1.26 bits per heavy atom. The number of likely N-dealkylation sites (N-methyl/N-ethyl adjacent to an activating group) is 1. The van der Waals surface area contributed by atoms with Crippen LogP contribution in [0.1, 0.15) is 37.3 Å². The lowest BCUT2D eigenvalue weighted by molar-refractivity contribution is 0.478. The molecule has 0 fully saturated rings. The van der Waals surface area contributed by atoms with E-state index in [1.165, 1.54) is 9.13 Å². The molecule has 0 amide bonds. The Labute approximate surface area is 127 Å². The predicted molar refractivity (Wildman–Crippen MR) is 85.1 cm³/mol. The normalized spacial score (nSPS) is 12.9. The van der Waals surface area contributed by atoms with Crippen LogP contribution >= 0.6 is 22.6 Å². The quantitative estimate of drug-likeness (QED) is 0.823. The minimum Gasteiger partial charge on any atom is -0.313 e. The van der Waals surface area contributed by atoms with Gasteiger partial charge in [-0.1, -0.05) is 12.1 Å². The molecule has 1 unspecified atom stereocenters. The fourth-order valence-electron chi connectivity index (χ4n) is 2.12. The summed E-state index contributed by atoms with van der Waals surface area (Å²) in [5.74, 6) is 1.02. The van der Waals surface area contributed by atoms with E-state index in [1.54, 1.807) is 6.33 Å². The van der Waals surface area contributed by atoms with Crippen molar-refractivity contribution in [3.8, 4) is 0 Å². The number of rotatable bonds is 5. The van der Waals surface area contributed by atoms with Gasteiger partial charge in [-0.2, -0.15) is 5.10 Å². The number of halogens is 1. The summed E-state index contributed by atoms with van der Waals surface area (Å²) < 4.78 is 3.23. The summed E-state index contributed by atoms with van der Waals surface area (Å²) in [4.78, 5) is 4.38. The van der Waals surface area contributed by atoms with E-state index in [4.69, 9.17) is 0 Å². The summed E-state index contributed by atoms with van der Waals surface area (Å²) in [5, 5.41) is 7.65. The fourth-order valence-corrected chi connectivity index (χ4v) is 2.48. The van der Waals surface area contributed by atoms with E-state index >= 15 is 0 Å². The molecule has 5 heteroatoms. The van der Waals surface area contributed by atoms with Crippen molar-refractivity contribution in [3.05, 3.63) is 45.6 Å². The van der Waals surface area contributed by atoms with Crippen molar-refractivity contribution in [1.82, 2.24) is 20.1 Å². The number of hydrogen-bond acceptors (Lipinski definition) is 3. The standard InChI is InChI=1S/C14H19IN4/c1-10(2)19-14(17-9-18-19)8-13(16-3)11-4-6-12(15)7-5-11/h4-7,9-10,13,16H,8H2,1-3H3. The number of nitrogens with one attached hydrogen (secondary N) is 1. The third kappa shape index (κ3) is 3.54. The van der Waals surface area contributed by atoms with E-state index in [1.807, 2.05) is 11.7 Å². The van der Waals surface area contributed by atoms with Gasteiger partial charge in [0.15, 0.2) is 0 Å². The molecular weight excluding hydrogens is 351 g/mol. The molecule has 1 N–H and O–H groups in total. The minimum atomic E-state index is 0.263. The monoisotopic (exact) mass is 370 g/mol. The van der Waals surface area contributed by atoms with Crippen molar-refractivity contribution in [1.29, 1.82) is 0 Å². The summed E-state index contributed by atoms with van der Waals surface area (Å²) in [5.41, 5.74) is 1.28. The molecule has 0 aliphatic heterocycles. The molecule has 0 saturated carbocycles. The molecular formula is C14H19IN4. The van der Waals surface area contributed by atoms with Gasteiger partial charge in [0.1, 0.15) is 12.2 Å². The van der Waals surface area contributed by atoms with Gasteiger partial charge in [-0.3, -0.25) is 0 Å². The Bertz CT molecular complexity index is 518. The van der Waals surface area contributed by atoms with Gasteiger partial charge in [-0.15, -0.1) is 0 Å². The van der Waals surface area contributed by atoms with Crippen LogP contribution in [-0.2, 0) is 6.42 Å². The summed E-state index contributed by atoms with van der Waals surface area (Å²) in [6.45, 7) is 4.24. The molecule has 1 atom stereocenters. The maximum Gasteiger partial charge on any atom is 0.138 e. The lowest BCUT2D eigenvalue weighted by atomic mass is 10.0. The molecule has 2 rings (SSSR count). The van der Waals surface area contributed by atoms with Crippen LogP contribution in [0.5, 0.6) is 0 Å². The van der Waals surface area contributed by atoms with Crippen molar-refractivity contribution in [3.63, 3.8) is 0 Å². The summed E-state index contributed by atoms with van der Waals surface area (Å²) in [7, 11) is 1.98. The van der Waals surface area contributed by atoms with E-state index in [2.05, 4.69) is 76.1 Å². The van der Waals surface area contributed by atoms with Crippen LogP contribution in [0.3, 0.4) is 0 Å². The van der Waals surface area contributed by atoms with Gasteiger partial charge in [0.05, 0.1) is 0 Å². The Kier molecular flexibility index (Phi) is 4.93. The zero-order valence-electron chi connectivity index (χ0n) is 11.5. The molecule has 1 aromatic heterocycles. The smallest absolute Gasteiger partial charge is 0.138 e. The summed E-state index contributed by atoms with van der Waals surface area (Å²) >= 11 is 2.32. The molecule has 19 heavy (non-hydrogen) atoms. The zero-order valence-corrected chi connectivity index (χ0v) is 13.6. The van der Waals surface area contributed by atoms with Crippen LogP contribution in [0, 0.1) is 3.57 Å².